The molecule has 9 heteroatoms. The van der Waals surface area contributed by atoms with Crippen molar-refractivity contribution in [2.24, 2.45) is 17.8 Å². The molecule has 0 aliphatic heterocycles. The molecule has 0 aliphatic rings. The van der Waals surface area contributed by atoms with Gasteiger partial charge in [-0.25, -0.2) is 0 Å². The largest absolute Gasteiger partial charge is 0.461 e. The normalized spacial score (nSPS) is 13.7. The molecule has 0 bridgehead atoms. The molecule has 0 spiro atoms. The van der Waals surface area contributed by atoms with Gasteiger partial charge in [-0.05, 0) is 40.2 Å². The van der Waals surface area contributed by atoms with E-state index in [1.807, 2.05) is 93.6 Å². The van der Waals surface area contributed by atoms with Gasteiger partial charge in [-0.1, -0.05) is 107 Å². The lowest BCUT2D eigenvalue weighted by molar-refractivity contribution is -0.149. The second-order valence-electron chi connectivity index (χ2n) is 12.6. The number of nitrogens with zero attached hydrogens (tertiary/aromatic N) is 1. The summed E-state index contributed by atoms with van der Waals surface area (Å²) >= 11 is 0. The van der Waals surface area contributed by atoms with Crippen molar-refractivity contribution in [2.45, 2.75) is 72.1 Å². The molecule has 3 aromatic carbocycles. The van der Waals surface area contributed by atoms with E-state index in [-0.39, 0.29) is 37.2 Å². The standard InChI is InChI=1S/C37H47N3O6/c1-7-25(4)33(39-35(43)30(19-24(2)3)22-32(41)46-23-26-13-9-8-10-14-26)34(42)36(44)38-31(37(45)40(5)6)21-27-17-18-28-15-11-12-16-29(28)20-27/h8-18,20,24-25,30-31,33H,7,19,21-23H2,1-6H3,(H,38,44)(H,39,43). The average molecular weight is 630 g/mol. The van der Waals surface area contributed by atoms with Crippen LogP contribution >= 0.6 is 0 Å². The summed E-state index contributed by atoms with van der Waals surface area (Å²) in [6, 6.07) is 20.8. The third kappa shape index (κ3) is 10.5. The number of likely N-dealkylation sites (N-methyl/N-ethyl adjacent to an activating group) is 1. The van der Waals surface area contributed by atoms with E-state index in [0.717, 1.165) is 21.9 Å². The van der Waals surface area contributed by atoms with E-state index in [2.05, 4.69) is 10.6 Å². The average Bonchev–Trinajstić information content (AvgIpc) is 3.04. The maximum Gasteiger partial charge on any atom is 0.306 e. The summed E-state index contributed by atoms with van der Waals surface area (Å²) < 4.78 is 5.42. The number of hydrogen-bond acceptors (Lipinski definition) is 6. The third-order valence-corrected chi connectivity index (χ3v) is 8.10. The number of ether oxygens (including phenoxy) is 1. The van der Waals surface area contributed by atoms with Gasteiger partial charge in [0.1, 0.15) is 12.6 Å². The Morgan fingerprint density at radius 1 is 0.804 bits per heavy atom. The van der Waals surface area contributed by atoms with Crippen molar-refractivity contribution in [2.75, 3.05) is 14.1 Å². The van der Waals surface area contributed by atoms with Gasteiger partial charge in [0.15, 0.2) is 0 Å². The van der Waals surface area contributed by atoms with Crippen LogP contribution in [0.15, 0.2) is 72.8 Å². The number of carbonyl (C=O) groups excluding carboxylic acids is 5. The lowest BCUT2D eigenvalue weighted by Crippen LogP contribution is -2.56. The van der Waals surface area contributed by atoms with Gasteiger partial charge in [-0.15, -0.1) is 0 Å². The maximum absolute atomic E-state index is 13.6. The number of benzene rings is 3. The van der Waals surface area contributed by atoms with Crippen molar-refractivity contribution in [1.82, 2.24) is 15.5 Å². The Kier molecular flexibility index (Phi) is 13.5. The zero-order chi connectivity index (χ0) is 33.8. The Balaban J connectivity index is 1.74. The number of nitrogens with one attached hydrogen (secondary N) is 2. The lowest BCUT2D eigenvalue weighted by Gasteiger charge is -2.27. The number of rotatable bonds is 16. The molecule has 2 N–H and O–H groups in total. The van der Waals surface area contributed by atoms with E-state index >= 15 is 0 Å². The van der Waals surface area contributed by atoms with E-state index in [1.54, 1.807) is 21.0 Å². The third-order valence-electron chi connectivity index (χ3n) is 8.10. The molecule has 0 fully saturated rings. The molecule has 9 nitrogen and oxygen atoms in total. The number of hydrogen-bond donors (Lipinski definition) is 2. The molecule has 0 saturated heterocycles. The van der Waals surface area contributed by atoms with Crippen molar-refractivity contribution in [1.29, 1.82) is 0 Å². The fourth-order valence-electron chi connectivity index (χ4n) is 5.31. The van der Waals surface area contributed by atoms with Gasteiger partial charge < -0.3 is 20.3 Å². The summed E-state index contributed by atoms with van der Waals surface area (Å²) in [6.07, 6.45) is 0.929. The summed E-state index contributed by atoms with van der Waals surface area (Å²) in [4.78, 5) is 67.8. The number of ketones is 1. The smallest absolute Gasteiger partial charge is 0.306 e. The first-order valence-electron chi connectivity index (χ1n) is 15.9. The van der Waals surface area contributed by atoms with E-state index in [4.69, 9.17) is 4.74 Å². The van der Waals surface area contributed by atoms with Gasteiger partial charge >= 0.3 is 5.97 Å². The highest BCUT2D eigenvalue weighted by Crippen LogP contribution is 2.20. The van der Waals surface area contributed by atoms with Gasteiger partial charge in [0.2, 0.25) is 17.6 Å². The molecule has 3 rings (SSSR count). The van der Waals surface area contributed by atoms with Gasteiger partial charge in [0.05, 0.1) is 12.5 Å². The Bertz CT molecular complexity index is 1500. The van der Waals surface area contributed by atoms with E-state index in [0.29, 0.717) is 12.8 Å². The zero-order valence-electron chi connectivity index (χ0n) is 27.7. The quantitative estimate of drug-likeness (QED) is 0.173. The first-order valence-corrected chi connectivity index (χ1v) is 15.9. The first-order chi connectivity index (χ1) is 21.9. The molecule has 0 aliphatic carbocycles. The molecule has 0 saturated carbocycles. The van der Waals surface area contributed by atoms with Crippen molar-refractivity contribution < 1.29 is 28.7 Å². The summed E-state index contributed by atoms with van der Waals surface area (Å²) in [5.74, 6) is -4.20. The molecule has 4 atom stereocenters. The summed E-state index contributed by atoms with van der Waals surface area (Å²) in [6.45, 7) is 7.62. The number of Topliss-reactive ketones (excluding diaryl/α,β-unsaturated/α-hetero) is 1. The van der Waals surface area contributed by atoms with Crippen molar-refractivity contribution in [3.8, 4) is 0 Å². The van der Waals surface area contributed by atoms with Gasteiger partial charge in [-0.2, -0.15) is 0 Å². The van der Waals surface area contributed by atoms with Crippen LogP contribution in [0, 0.1) is 17.8 Å². The van der Waals surface area contributed by atoms with Crippen LogP contribution in [-0.2, 0) is 41.7 Å². The molecule has 0 radical (unpaired) electrons. The fraction of sp³-hybridized carbons (Fsp3) is 0.432. The number of esters is 1. The number of amides is 3. The molecule has 3 amide bonds. The Hall–Kier alpha value is -4.53. The summed E-state index contributed by atoms with van der Waals surface area (Å²) in [5, 5.41) is 7.47. The van der Waals surface area contributed by atoms with Gasteiger partial charge in [-0.3, -0.25) is 24.0 Å². The van der Waals surface area contributed by atoms with Crippen molar-refractivity contribution >= 4 is 40.2 Å². The van der Waals surface area contributed by atoms with Crippen LogP contribution in [0.25, 0.3) is 10.8 Å². The highest BCUT2D eigenvalue weighted by atomic mass is 16.5. The monoisotopic (exact) mass is 629 g/mol. The van der Waals surface area contributed by atoms with E-state index in [1.165, 1.54) is 4.90 Å². The summed E-state index contributed by atoms with van der Waals surface area (Å²) in [5.41, 5.74) is 1.66. The Morgan fingerprint density at radius 3 is 2.09 bits per heavy atom. The van der Waals surface area contributed by atoms with Gasteiger partial charge in [0.25, 0.3) is 5.91 Å². The van der Waals surface area contributed by atoms with E-state index < -0.39 is 41.6 Å². The highest BCUT2D eigenvalue weighted by Gasteiger charge is 2.35. The minimum atomic E-state index is -1.14. The molecule has 46 heavy (non-hydrogen) atoms. The predicted octanol–water partition coefficient (Wildman–Crippen LogP) is 4.85. The van der Waals surface area contributed by atoms with E-state index in [9.17, 15) is 24.0 Å². The van der Waals surface area contributed by atoms with Crippen LogP contribution in [0.1, 0.15) is 58.1 Å². The minimum absolute atomic E-state index is 0.0895. The predicted molar refractivity (Wildman–Crippen MR) is 178 cm³/mol. The molecule has 4 unspecified atom stereocenters. The fourth-order valence-corrected chi connectivity index (χ4v) is 5.31. The lowest BCUT2D eigenvalue weighted by atomic mass is 9.90. The highest BCUT2D eigenvalue weighted by molar-refractivity contribution is 6.39. The van der Waals surface area contributed by atoms with Crippen molar-refractivity contribution in [3.63, 3.8) is 0 Å². The second-order valence-corrected chi connectivity index (χ2v) is 12.6. The zero-order valence-corrected chi connectivity index (χ0v) is 27.7. The molecule has 0 heterocycles. The number of carbonyl (C=O) groups is 5. The number of fused-ring (bicyclic) bond motifs is 1. The van der Waals surface area contributed by atoms with Crippen LogP contribution in [0.5, 0.6) is 0 Å². The molecular formula is C37H47N3O6. The van der Waals surface area contributed by atoms with Crippen LogP contribution in [0.4, 0.5) is 0 Å². The van der Waals surface area contributed by atoms with Crippen LogP contribution in [0.2, 0.25) is 0 Å². The van der Waals surface area contributed by atoms with Gasteiger partial charge in [0, 0.05) is 26.4 Å². The van der Waals surface area contributed by atoms with Crippen LogP contribution in [-0.4, -0.2) is 60.6 Å². The Morgan fingerprint density at radius 2 is 1.46 bits per heavy atom. The Labute approximate surface area is 272 Å². The van der Waals surface area contributed by atoms with Crippen molar-refractivity contribution in [3.05, 3.63) is 83.9 Å². The molecule has 3 aromatic rings. The molecular weight excluding hydrogens is 582 g/mol. The topological polar surface area (TPSA) is 122 Å². The summed E-state index contributed by atoms with van der Waals surface area (Å²) in [7, 11) is 3.18. The maximum atomic E-state index is 13.6. The first kappa shape index (κ1) is 35.9. The molecule has 0 aromatic heterocycles. The minimum Gasteiger partial charge on any atom is -0.461 e. The second kappa shape index (κ2) is 17.2. The SMILES string of the molecule is CCC(C)C(NC(=O)C(CC(=O)OCc1ccccc1)CC(C)C)C(=O)C(=O)NC(Cc1ccc2ccccc2c1)C(=O)N(C)C. The molecule has 246 valence electrons. The van der Waals surface area contributed by atoms with Crippen LogP contribution < -0.4 is 10.6 Å². The van der Waals surface area contributed by atoms with Crippen LogP contribution in [0.3, 0.4) is 0 Å².